The second-order valence-corrected chi connectivity index (χ2v) is 10.1. The van der Waals surface area contributed by atoms with Crippen LogP contribution in [0.2, 0.25) is 0 Å². The van der Waals surface area contributed by atoms with Gasteiger partial charge in [-0.1, -0.05) is 19.9 Å². The number of hydrogen-bond acceptors (Lipinski definition) is 6. The molecule has 0 unspecified atom stereocenters. The van der Waals surface area contributed by atoms with E-state index < -0.39 is 59.1 Å². The van der Waals surface area contributed by atoms with Gasteiger partial charge in [0.05, 0.1) is 19.3 Å². The lowest BCUT2D eigenvalue weighted by Gasteiger charge is -2.36. The number of benzene rings is 2. The van der Waals surface area contributed by atoms with Gasteiger partial charge in [-0.15, -0.1) is 0 Å². The molecule has 0 bridgehead atoms. The number of ether oxygens (including phenoxy) is 2. The summed E-state index contributed by atoms with van der Waals surface area (Å²) < 4.78 is 70.6. The number of hydrogen-bond donors (Lipinski definition) is 2. The lowest BCUT2D eigenvalue weighted by atomic mass is 9.84. The Hall–Kier alpha value is -4.13. The van der Waals surface area contributed by atoms with E-state index in [0.29, 0.717) is 24.3 Å². The highest BCUT2D eigenvalue weighted by Crippen LogP contribution is 2.35. The van der Waals surface area contributed by atoms with E-state index in [1.165, 1.54) is 18.7 Å². The number of carbonyl (C=O) groups excluding carboxylic acids is 2. The number of nitrogens with zero attached hydrogens (tertiary/aromatic N) is 1. The van der Waals surface area contributed by atoms with Gasteiger partial charge in [-0.3, -0.25) is 14.4 Å². The minimum absolute atomic E-state index is 0.0723. The number of aromatic amines is 1. The van der Waals surface area contributed by atoms with Crippen LogP contribution < -0.4 is 15.6 Å². The maximum Gasteiger partial charge on any atom is 0.293 e. The summed E-state index contributed by atoms with van der Waals surface area (Å²) in [5.41, 5.74) is -1.36. The first-order valence-corrected chi connectivity index (χ1v) is 12.8. The molecule has 0 saturated carbocycles. The van der Waals surface area contributed by atoms with Gasteiger partial charge < -0.3 is 24.2 Å². The first-order valence-electron chi connectivity index (χ1n) is 12.8. The van der Waals surface area contributed by atoms with Crippen LogP contribution in [0.4, 0.5) is 23.2 Å². The average molecular weight is 580 g/mol. The van der Waals surface area contributed by atoms with E-state index in [1.807, 2.05) is 12.1 Å². The molecule has 0 spiro atoms. The number of anilines is 1. The number of nitrogens with one attached hydrogen (secondary N) is 2. The normalized spacial score (nSPS) is 15.1. The molecular formula is C28H29F4N3O6. The number of fused-ring (bicyclic) bond motifs is 1. The van der Waals surface area contributed by atoms with Crippen molar-refractivity contribution >= 4 is 17.5 Å². The average Bonchev–Trinajstić information content (AvgIpc) is 3.32. The van der Waals surface area contributed by atoms with E-state index in [-0.39, 0.29) is 24.6 Å². The van der Waals surface area contributed by atoms with E-state index >= 15 is 8.78 Å². The molecule has 0 aliphatic carbocycles. The number of H-pyrrole nitrogens is 1. The number of amides is 2. The fourth-order valence-electron chi connectivity index (χ4n) is 4.87. The zero-order valence-electron chi connectivity index (χ0n) is 22.6. The summed E-state index contributed by atoms with van der Waals surface area (Å²) in [7, 11) is 0. The van der Waals surface area contributed by atoms with Gasteiger partial charge in [0.25, 0.3) is 23.8 Å². The van der Waals surface area contributed by atoms with Gasteiger partial charge in [0.2, 0.25) is 5.76 Å². The van der Waals surface area contributed by atoms with Crippen LogP contribution in [0.25, 0.3) is 0 Å². The SMILES string of the molecule is CCOc1ccc2c(c1)CCN(C(=O)c1cc(=O)[nH]o1)[C@H]2C(=O)Nc1cc(F)c(C(C)(C)COCC(F)F)c(F)c1. The number of carbonyl (C=O) groups is 2. The highest BCUT2D eigenvalue weighted by atomic mass is 19.3. The molecule has 2 N–H and O–H groups in total. The van der Waals surface area contributed by atoms with Gasteiger partial charge in [-0.2, -0.15) is 5.16 Å². The number of aromatic nitrogens is 1. The number of alkyl halides is 2. The van der Waals surface area contributed by atoms with E-state index in [0.717, 1.165) is 23.8 Å². The molecule has 2 heterocycles. The Kier molecular flexibility index (Phi) is 8.86. The van der Waals surface area contributed by atoms with Gasteiger partial charge >= 0.3 is 0 Å². The summed E-state index contributed by atoms with van der Waals surface area (Å²) in [6, 6.07) is 6.55. The van der Waals surface area contributed by atoms with E-state index in [1.54, 1.807) is 18.2 Å². The van der Waals surface area contributed by atoms with E-state index in [9.17, 15) is 23.2 Å². The van der Waals surface area contributed by atoms with Crippen LogP contribution in [0.5, 0.6) is 5.75 Å². The summed E-state index contributed by atoms with van der Waals surface area (Å²) >= 11 is 0. The monoisotopic (exact) mass is 579 g/mol. The largest absolute Gasteiger partial charge is 0.494 e. The molecule has 0 radical (unpaired) electrons. The van der Waals surface area contributed by atoms with Crippen molar-refractivity contribution in [2.24, 2.45) is 0 Å². The van der Waals surface area contributed by atoms with Gasteiger partial charge in [0.1, 0.15) is 30.0 Å². The van der Waals surface area contributed by atoms with Crippen LogP contribution in [0, 0.1) is 11.6 Å². The Morgan fingerprint density at radius 2 is 1.88 bits per heavy atom. The second-order valence-electron chi connectivity index (χ2n) is 10.1. The fourth-order valence-corrected chi connectivity index (χ4v) is 4.87. The summed E-state index contributed by atoms with van der Waals surface area (Å²) in [5.74, 6) is -3.27. The van der Waals surface area contributed by atoms with Gasteiger partial charge in [0.15, 0.2) is 0 Å². The van der Waals surface area contributed by atoms with Crippen molar-refractivity contribution in [2.75, 3.05) is 31.7 Å². The third-order valence-corrected chi connectivity index (χ3v) is 6.59. The molecule has 3 aromatic rings. The Bertz CT molecular complexity index is 1460. The molecule has 1 aliphatic rings. The van der Waals surface area contributed by atoms with Crippen molar-refractivity contribution < 1.29 is 41.1 Å². The highest BCUT2D eigenvalue weighted by molar-refractivity contribution is 6.01. The molecule has 1 aromatic heterocycles. The smallest absolute Gasteiger partial charge is 0.293 e. The van der Waals surface area contributed by atoms with Crippen LogP contribution in [0.1, 0.15) is 54.1 Å². The van der Waals surface area contributed by atoms with Crippen molar-refractivity contribution in [3.63, 3.8) is 0 Å². The van der Waals surface area contributed by atoms with Crippen LogP contribution in [0.15, 0.2) is 45.7 Å². The van der Waals surface area contributed by atoms with Crippen LogP contribution in [-0.2, 0) is 21.4 Å². The van der Waals surface area contributed by atoms with Crippen LogP contribution in [0.3, 0.4) is 0 Å². The maximum atomic E-state index is 15.2. The predicted molar refractivity (Wildman–Crippen MR) is 139 cm³/mol. The Balaban J connectivity index is 1.65. The standard InChI is InChI=1S/C28H29F4N3O6/c1-4-40-17-5-6-18-15(9-17)7-8-35(27(38)21-12-23(36)34-41-21)25(18)26(37)33-16-10-19(29)24(20(30)11-16)28(2,3)14-39-13-22(31)32/h5-6,9-12,22,25H,4,7-8,13-14H2,1-3H3,(H,33,37)(H,34,36)/t25-/m1/s1. The van der Waals surface area contributed by atoms with Gasteiger partial charge in [-0.25, -0.2) is 17.6 Å². The molecule has 13 heteroatoms. The first kappa shape index (κ1) is 29.8. The van der Waals surface area contributed by atoms with E-state index in [2.05, 4.69) is 5.32 Å². The minimum atomic E-state index is -2.73. The van der Waals surface area contributed by atoms with Crippen LogP contribution >= 0.6 is 0 Å². The lowest BCUT2D eigenvalue weighted by Crippen LogP contribution is -2.45. The van der Waals surface area contributed by atoms with Crippen molar-refractivity contribution in [3.8, 4) is 5.75 Å². The third kappa shape index (κ3) is 6.62. The van der Waals surface area contributed by atoms with Gasteiger partial charge in [0, 0.05) is 23.2 Å². The van der Waals surface area contributed by atoms with Crippen molar-refractivity contribution in [3.05, 3.63) is 80.8 Å². The van der Waals surface area contributed by atoms with E-state index in [4.69, 9.17) is 14.0 Å². The summed E-state index contributed by atoms with van der Waals surface area (Å²) in [4.78, 5) is 39.6. The van der Waals surface area contributed by atoms with Gasteiger partial charge in [-0.05, 0) is 48.7 Å². The fraction of sp³-hybridized carbons (Fsp3) is 0.393. The molecule has 2 aromatic carbocycles. The molecule has 41 heavy (non-hydrogen) atoms. The topological polar surface area (TPSA) is 114 Å². The second kappa shape index (κ2) is 12.2. The molecule has 4 rings (SSSR count). The molecule has 0 fully saturated rings. The zero-order chi connectivity index (χ0) is 29.9. The first-order chi connectivity index (χ1) is 19.4. The predicted octanol–water partition coefficient (Wildman–Crippen LogP) is 4.58. The maximum absolute atomic E-state index is 15.2. The molecule has 0 saturated heterocycles. The zero-order valence-corrected chi connectivity index (χ0v) is 22.6. The number of rotatable bonds is 10. The third-order valence-electron chi connectivity index (χ3n) is 6.59. The number of halogens is 4. The molecule has 2 amide bonds. The molecule has 1 atom stereocenters. The summed E-state index contributed by atoms with van der Waals surface area (Å²) in [5, 5.41) is 4.51. The summed E-state index contributed by atoms with van der Waals surface area (Å²) in [6.45, 7) is 3.95. The molecular weight excluding hydrogens is 550 g/mol. The summed E-state index contributed by atoms with van der Waals surface area (Å²) in [6.07, 6.45) is -2.37. The quantitative estimate of drug-likeness (QED) is 0.340. The minimum Gasteiger partial charge on any atom is -0.494 e. The highest BCUT2D eigenvalue weighted by Gasteiger charge is 2.38. The Morgan fingerprint density at radius 1 is 1.17 bits per heavy atom. The lowest BCUT2D eigenvalue weighted by molar-refractivity contribution is -0.121. The molecule has 220 valence electrons. The molecule has 1 aliphatic heterocycles. The van der Waals surface area contributed by atoms with Crippen molar-refractivity contribution in [1.29, 1.82) is 0 Å². The van der Waals surface area contributed by atoms with Crippen LogP contribution in [-0.4, -0.2) is 54.7 Å². The molecule has 9 nitrogen and oxygen atoms in total. The van der Waals surface area contributed by atoms with Crippen molar-refractivity contribution in [1.82, 2.24) is 10.1 Å². The van der Waals surface area contributed by atoms with Crippen molar-refractivity contribution in [2.45, 2.75) is 45.1 Å². The Labute approximate surface area is 232 Å². The Morgan fingerprint density at radius 3 is 2.49 bits per heavy atom.